The van der Waals surface area contributed by atoms with Crippen molar-refractivity contribution in [2.45, 2.75) is 38.5 Å². The Hall–Kier alpha value is -1.88. The molecule has 1 fully saturated rings. The Kier molecular flexibility index (Phi) is 4.96. The largest absolute Gasteiger partial charge is 0.481 e. The van der Waals surface area contributed by atoms with Gasteiger partial charge in [-0.3, -0.25) is 9.59 Å². The molecule has 1 amide bonds. The van der Waals surface area contributed by atoms with Crippen molar-refractivity contribution in [3.63, 3.8) is 0 Å². The smallest absolute Gasteiger partial charge is 0.303 e. The number of amides is 1. The summed E-state index contributed by atoms with van der Waals surface area (Å²) in [5.41, 5.74) is 7.38. The average Bonchev–Trinajstić information content (AvgIpc) is 2.41. The van der Waals surface area contributed by atoms with E-state index in [9.17, 15) is 9.59 Å². The number of aryl methyl sites for hydroxylation is 1. The molecule has 0 bridgehead atoms. The first-order valence-corrected chi connectivity index (χ1v) is 7.34. The molecule has 4 N–H and O–H groups in total. The number of nitrogens with one attached hydrogen (secondary N) is 1. The Morgan fingerprint density at radius 1 is 1.33 bits per heavy atom. The van der Waals surface area contributed by atoms with Crippen LogP contribution in [0.3, 0.4) is 0 Å². The van der Waals surface area contributed by atoms with Crippen LogP contribution in [0.2, 0.25) is 0 Å². The number of hydrogen-bond donors (Lipinski definition) is 3. The van der Waals surface area contributed by atoms with Gasteiger partial charge in [0.1, 0.15) is 0 Å². The number of carbonyl (C=O) groups excluding carboxylic acids is 1. The van der Waals surface area contributed by atoms with Gasteiger partial charge >= 0.3 is 5.97 Å². The minimum absolute atomic E-state index is 0.00893. The minimum atomic E-state index is -0.820. The topological polar surface area (TPSA) is 92.4 Å². The van der Waals surface area contributed by atoms with Gasteiger partial charge in [0, 0.05) is 18.5 Å². The lowest BCUT2D eigenvalue weighted by Crippen LogP contribution is -2.40. The van der Waals surface area contributed by atoms with Crippen molar-refractivity contribution in [1.29, 1.82) is 0 Å². The van der Waals surface area contributed by atoms with Gasteiger partial charge in [0.2, 0.25) is 5.91 Å². The summed E-state index contributed by atoms with van der Waals surface area (Å²) < 4.78 is 0. The summed E-state index contributed by atoms with van der Waals surface area (Å²) in [6, 6.07) is 7.34. The van der Waals surface area contributed by atoms with Crippen LogP contribution in [0, 0.1) is 5.41 Å². The first kappa shape index (κ1) is 15.5. The maximum Gasteiger partial charge on any atom is 0.303 e. The number of anilines is 1. The highest BCUT2D eigenvalue weighted by atomic mass is 16.4. The van der Waals surface area contributed by atoms with Crippen LogP contribution >= 0.6 is 0 Å². The van der Waals surface area contributed by atoms with Gasteiger partial charge < -0.3 is 16.2 Å². The predicted octanol–water partition coefficient (Wildman–Crippen LogP) is 2.16. The van der Waals surface area contributed by atoms with Crippen LogP contribution in [-0.2, 0) is 16.0 Å². The van der Waals surface area contributed by atoms with E-state index in [1.807, 2.05) is 24.3 Å². The van der Waals surface area contributed by atoms with Crippen molar-refractivity contribution < 1.29 is 14.7 Å². The summed E-state index contributed by atoms with van der Waals surface area (Å²) in [7, 11) is 0. The van der Waals surface area contributed by atoms with E-state index in [1.165, 1.54) is 0 Å². The number of hydrogen-bond acceptors (Lipinski definition) is 3. The molecule has 5 nitrogen and oxygen atoms in total. The van der Waals surface area contributed by atoms with Crippen molar-refractivity contribution in [3.05, 3.63) is 29.8 Å². The van der Waals surface area contributed by atoms with Gasteiger partial charge in [0.05, 0.1) is 0 Å². The molecule has 1 saturated carbocycles. The van der Waals surface area contributed by atoms with E-state index < -0.39 is 5.97 Å². The van der Waals surface area contributed by atoms with E-state index in [-0.39, 0.29) is 17.7 Å². The van der Waals surface area contributed by atoms with E-state index in [1.54, 1.807) is 0 Å². The van der Waals surface area contributed by atoms with Crippen LogP contribution in [-0.4, -0.2) is 23.5 Å². The lowest BCUT2D eigenvalue weighted by Gasteiger charge is -2.40. The van der Waals surface area contributed by atoms with Crippen LogP contribution in [0.4, 0.5) is 5.69 Å². The Balaban J connectivity index is 1.91. The van der Waals surface area contributed by atoms with Gasteiger partial charge in [0.25, 0.3) is 0 Å². The highest BCUT2D eigenvalue weighted by molar-refractivity contribution is 5.91. The van der Waals surface area contributed by atoms with Gasteiger partial charge in [-0.2, -0.15) is 0 Å². The Morgan fingerprint density at radius 3 is 2.67 bits per heavy atom. The molecule has 21 heavy (non-hydrogen) atoms. The zero-order chi connectivity index (χ0) is 15.3. The molecule has 1 aromatic carbocycles. The van der Waals surface area contributed by atoms with E-state index in [4.69, 9.17) is 10.8 Å². The fraction of sp³-hybridized carbons (Fsp3) is 0.500. The van der Waals surface area contributed by atoms with Gasteiger partial charge in [-0.15, -0.1) is 0 Å². The summed E-state index contributed by atoms with van der Waals surface area (Å²) in [5.74, 6) is -0.838. The van der Waals surface area contributed by atoms with E-state index >= 15 is 0 Å². The monoisotopic (exact) mass is 290 g/mol. The maximum absolute atomic E-state index is 12.1. The van der Waals surface area contributed by atoms with Crippen molar-refractivity contribution in [2.24, 2.45) is 11.1 Å². The molecule has 0 spiro atoms. The summed E-state index contributed by atoms with van der Waals surface area (Å²) in [6.07, 6.45) is 4.21. The summed E-state index contributed by atoms with van der Waals surface area (Å²) in [6.45, 7) is 0.555. The van der Waals surface area contributed by atoms with Gasteiger partial charge in [-0.1, -0.05) is 18.6 Å². The van der Waals surface area contributed by atoms with Gasteiger partial charge in [0.15, 0.2) is 0 Å². The van der Waals surface area contributed by atoms with Crippen molar-refractivity contribution in [3.8, 4) is 0 Å². The molecule has 5 heteroatoms. The number of carboxylic acid groups (broad SMARTS) is 1. The van der Waals surface area contributed by atoms with Crippen LogP contribution in [0.25, 0.3) is 0 Å². The molecule has 0 aliphatic heterocycles. The molecule has 0 unspecified atom stereocenters. The number of carboxylic acids is 1. The average molecular weight is 290 g/mol. The molecule has 1 aliphatic rings. The van der Waals surface area contributed by atoms with E-state index in [0.717, 1.165) is 30.5 Å². The number of nitrogens with two attached hydrogens (primary N) is 1. The standard InChI is InChI=1S/C16H22N2O3/c17-11-16(7-2-8-16)10-14(19)18-13-4-1-3-12(9-13)5-6-15(20)21/h1,3-4,9H,2,5-8,10-11,17H2,(H,18,19)(H,20,21). The predicted molar refractivity (Wildman–Crippen MR) is 81.0 cm³/mol. The molecule has 2 rings (SSSR count). The molecule has 0 atom stereocenters. The second-order valence-corrected chi connectivity index (χ2v) is 5.88. The minimum Gasteiger partial charge on any atom is -0.481 e. The Labute approximate surface area is 124 Å². The first-order valence-electron chi connectivity index (χ1n) is 7.34. The van der Waals surface area contributed by atoms with E-state index in [2.05, 4.69) is 5.32 Å². The quantitative estimate of drug-likeness (QED) is 0.717. The normalized spacial score (nSPS) is 16.0. The molecule has 0 heterocycles. The van der Waals surface area contributed by atoms with Crippen molar-refractivity contribution in [2.75, 3.05) is 11.9 Å². The molecular weight excluding hydrogens is 268 g/mol. The van der Waals surface area contributed by atoms with Crippen LogP contribution in [0.5, 0.6) is 0 Å². The Bertz CT molecular complexity index is 518. The molecule has 1 aliphatic carbocycles. The third-order valence-electron chi connectivity index (χ3n) is 4.22. The van der Waals surface area contributed by atoms with Gasteiger partial charge in [-0.25, -0.2) is 0 Å². The number of rotatable bonds is 7. The van der Waals surface area contributed by atoms with E-state index in [0.29, 0.717) is 19.4 Å². The summed E-state index contributed by atoms with van der Waals surface area (Å²) in [5, 5.41) is 11.6. The zero-order valence-electron chi connectivity index (χ0n) is 12.1. The Morgan fingerprint density at radius 2 is 2.10 bits per heavy atom. The molecular formula is C16H22N2O3. The fourth-order valence-corrected chi connectivity index (χ4v) is 2.73. The lowest BCUT2D eigenvalue weighted by atomic mass is 9.66. The number of carbonyl (C=O) groups is 2. The van der Waals surface area contributed by atoms with Gasteiger partial charge in [-0.05, 0) is 48.9 Å². The fourth-order valence-electron chi connectivity index (χ4n) is 2.73. The maximum atomic E-state index is 12.1. The molecule has 1 aromatic rings. The second kappa shape index (κ2) is 6.72. The number of aliphatic carboxylic acids is 1. The van der Waals surface area contributed by atoms with Crippen molar-refractivity contribution in [1.82, 2.24) is 0 Å². The number of benzene rings is 1. The highest BCUT2D eigenvalue weighted by Gasteiger charge is 2.37. The molecule has 0 radical (unpaired) electrons. The SMILES string of the molecule is NCC1(CC(=O)Nc2cccc(CCC(=O)O)c2)CCC1. The first-order chi connectivity index (χ1) is 10.0. The third kappa shape index (κ3) is 4.29. The van der Waals surface area contributed by atoms with Crippen LogP contribution in [0.1, 0.15) is 37.7 Å². The molecule has 0 aromatic heterocycles. The lowest BCUT2D eigenvalue weighted by molar-refractivity contribution is -0.137. The summed E-state index contributed by atoms with van der Waals surface area (Å²) in [4.78, 5) is 22.7. The van der Waals surface area contributed by atoms with Crippen LogP contribution in [0.15, 0.2) is 24.3 Å². The van der Waals surface area contributed by atoms with Crippen LogP contribution < -0.4 is 11.1 Å². The molecule has 114 valence electrons. The third-order valence-corrected chi connectivity index (χ3v) is 4.22. The van der Waals surface area contributed by atoms with Crippen molar-refractivity contribution >= 4 is 17.6 Å². The summed E-state index contributed by atoms with van der Waals surface area (Å²) >= 11 is 0. The highest BCUT2D eigenvalue weighted by Crippen LogP contribution is 2.43. The zero-order valence-corrected chi connectivity index (χ0v) is 12.1. The molecule has 0 saturated heterocycles. The second-order valence-electron chi connectivity index (χ2n) is 5.88.